The van der Waals surface area contributed by atoms with Crippen LogP contribution in [0.2, 0.25) is 0 Å². The van der Waals surface area contributed by atoms with Crippen molar-refractivity contribution in [2.24, 2.45) is 0 Å². The molecule has 0 aliphatic carbocycles. The Hall–Kier alpha value is -3.98. The highest BCUT2D eigenvalue weighted by Gasteiger charge is 2.48. The zero-order chi connectivity index (χ0) is 25.3. The Labute approximate surface area is 206 Å². The fourth-order valence-electron chi connectivity index (χ4n) is 3.89. The molecule has 0 saturated carbocycles. The van der Waals surface area contributed by atoms with Gasteiger partial charge in [0, 0.05) is 5.56 Å². The first-order chi connectivity index (χ1) is 16.8. The first kappa shape index (κ1) is 24.2. The summed E-state index contributed by atoms with van der Waals surface area (Å²) in [6, 6.07) is 13.0. The lowest BCUT2D eigenvalue weighted by Gasteiger charge is -2.23. The van der Waals surface area contributed by atoms with Gasteiger partial charge in [0.2, 0.25) is 0 Å². The van der Waals surface area contributed by atoms with E-state index in [2.05, 4.69) is 4.98 Å². The summed E-state index contributed by atoms with van der Waals surface area (Å²) in [5, 5.41) is 11.4. The number of hydrogen-bond donors (Lipinski definition) is 1. The third-order valence-corrected chi connectivity index (χ3v) is 6.78. The average molecular weight is 493 g/mol. The number of carbonyl (C=O) groups excluding carboxylic acids is 3. The number of Topliss-reactive ketones (excluding diaryl/α,β-unsaturated/α-hetero) is 1. The predicted molar refractivity (Wildman–Crippen MR) is 132 cm³/mol. The minimum Gasteiger partial charge on any atom is -0.507 e. The van der Waals surface area contributed by atoms with Gasteiger partial charge in [-0.05, 0) is 50.6 Å². The number of aryl methyl sites for hydroxylation is 2. The smallest absolute Gasteiger partial charge is 0.350 e. The van der Waals surface area contributed by atoms with Crippen LogP contribution in [0.15, 0.2) is 54.1 Å². The number of esters is 1. The van der Waals surface area contributed by atoms with Crippen molar-refractivity contribution in [2.75, 3.05) is 18.6 Å². The molecule has 2 aromatic carbocycles. The zero-order valence-electron chi connectivity index (χ0n) is 19.7. The summed E-state index contributed by atoms with van der Waals surface area (Å²) < 4.78 is 10.3. The minimum absolute atomic E-state index is 0.0597. The molecule has 1 fully saturated rings. The minimum atomic E-state index is -0.932. The molecule has 35 heavy (non-hydrogen) atoms. The van der Waals surface area contributed by atoms with E-state index >= 15 is 0 Å². The second-order valence-corrected chi connectivity index (χ2v) is 8.92. The van der Waals surface area contributed by atoms with Crippen LogP contribution in [0.1, 0.15) is 45.0 Å². The molecule has 1 unspecified atom stereocenters. The summed E-state index contributed by atoms with van der Waals surface area (Å²) in [5.41, 5.74) is 2.31. The van der Waals surface area contributed by atoms with E-state index in [1.54, 1.807) is 43.3 Å². The number of nitrogens with zero attached hydrogens (tertiary/aromatic N) is 2. The number of anilines is 1. The molecule has 0 bridgehead atoms. The molecule has 3 aromatic rings. The summed E-state index contributed by atoms with van der Waals surface area (Å²) in [7, 11) is 1.26. The van der Waals surface area contributed by atoms with Crippen molar-refractivity contribution in [3.8, 4) is 5.75 Å². The fraction of sp³-hybridized carbons (Fsp3) is 0.231. The first-order valence-electron chi connectivity index (χ1n) is 10.9. The molecule has 180 valence electrons. The van der Waals surface area contributed by atoms with Gasteiger partial charge in [-0.15, -0.1) is 0 Å². The molecule has 1 aliphatic heterocycles. The number of aromatic nitrogens is 1. The van der Waals surface area contributed by atoms with Crippen molar-refractivity contribution in [1.82, 2.24) is 4.98 Å². The Morgan fingerprint density at radius 3 is 2.34 bits per heavy atom. The van der Waals surface area contributed by atoms with Gasteiger partial charge in [0.1, 0.15) is 16.4 Å². The number of aliphatic hydroxyl groups is 1. The Bertz CT molecular complexity index is 1320. The van der Waals surface area contributed by atoms with Crippen molar-refractivity contribution >= 4 is 39.9 Å². The van der Waals surface area contributed by atoms with Crippen molar-refractivity contribution in [3.05, 3.63) is 81.4 Å². The van der Waals surface area contributed by atoms with Crippen LogP contribution in [-0.4, -0.2) is 41.5 Å². The second-order valence-electron chi connectivity index (χ2n) is 7.94. The van der Waals surface area contributed by atoms with Crippen LogP contribution in [0.25, 0.3) is 5.76 Å². The summed E-state index contributed by atoms with van der Waals surface area (Å²) in [6.07, 6.45) is 0. The van der Waals surface area contributed by atoms with E-state index < -0.39 is 23.7 Å². The lowest BCUT2D eigenvalue weighted by atomic mass is 9.95. The highest BCUT2D eigenvalue weighted by molar-refractivity contribution is 7.17. The Morgan fingerprint density at radius 2 is 1.74 bits per heavy atom. The zero-order valence-corrected chi connectivity index (χ0v) is 20.5. The maximum absolute atomic E-state index is 13.3. The van der Waals surface area contributed by atoms with Crippen LogP contribution in [0.3, 0.4) is 0 Å². The van der Waals surface area contributed by atoms with Gasteiger partial charge in [-0.3, -0.25) is 14.5 Å². The summed E-state index contributed by atoms with van der Waals surface area (Å²) in [5.74, 6) is -1.94. The second kappa shape index (κ2) is 9.71. The third kappa shape index (κ3) is 4.42. The van der Waals surface area contributed by atoms with Gasteiger partial charge >= 0.3 is 11.9 Å². The lowest BCUT2D eigenvalue weighted by Crippen LogP contribution is -2.29. The first-order valence-corrected chi connectivity index (χ1v) is 11.7. The van der Waals surface area contributed by atoms with Gasteiger partial charge in [0.05, 0.1) is 31.0 Å². The maximum atomic E-state index is 13.3. The summed E-state index contributed by atoms with van der Waals surface area (Å²) in [6.45, 7) is 5.91. The Kier molecular flexibility index (Phi) is 6.70. The van der Waals surface area contributed by atoms with Crippen LogP contribution >= 0.6 is 11.3 Å². The number of ketones is 1. The molecular formula is C26H24N2O6S. The third-order valence-electron chi connectivity index (χ3n) is 5.64. The van der Waals surface area contributed by atoms with Crippen LogP contribution < -0.4 is 9.64 Å². The van der Waals surface area contributed by atoms with E-state index in [4.69, 9.17) is 9.47 Å². The molecule has 1 saturated heterocycles. The molecule has 1 amide bonds. The molecule has 1 aromatic heterocycles. The molecule has 4 rings (SSSR count). The number of carbonyl (C=O) groups is 3. The van der Waals surface area contributed by atoms with Gasteiger partial charge in [-0.2, -0.15) is 0 Å². The number of ether oxygens (including phenoxy) is 2. The highest BCUT2D eigenvalue weighted by atomic mass is 32.1. The number of rotatable bonds is 6. The monoisotopic (exact) mass is 492 g/mol. The van der Waals surface area contributed by atoms with Crippen molar-refractivity contribution < 1.29 is 29.0 Å². The Morgan fingerprint density at radius 1 is 1.09 bits per heavy atom. The van der Waals surface area contributed by atoms with Gasteiger partial charge in [-0.1, -0.05) is 41.2 Å². The average Bonchev–Trinajstić information content (AvgIpc) is 3.36. The molecular weight excluding hydrogens is 468 g/mol. The molecule has 2 heterocycles. The number of methoxy groups -OCH3 is 1. The molecule has 8 nitrogen and oxygen atoms in total. The van der Waals surface area contributed by atoms with E-state index in [9.17, 15) is 19.5 Å². The van der Waals surface area contributed by atoms with Crippen molar-refractivity contribution in [2.45, 2.75) is 26.8 Å². The summed E-state index contributed by atoms with van der Waals surface area (Å²) in [4.78, 5) is 44.5. The van der Waals surface area contributed by atoms with Gasteiger partial charge < -0.3 is 14.6 Å². The highest BCUT2D eigenvalue weighted by Crippen LogP contribution is 2.44. The van der Waals surface area contributed by atoms with Crippen molar-refractivity contribution in [3.63, 3.8) is 0 Å². The van der Waals surface area contributed by atoms with E-state index in [0.717, 1.165) is 16.9 Å². The van der Waals surface area contributed by atoms with Gasteiger partial charge in [0.25, 0.3) is 5.78 Å². The molecule has 1 atom stereocenters. The molecule has 1 N–H and O–H groups in total. The number of aliphatic hydroxyl groups excluding tert-OH is 1. The van der Waals surface area contributed by atoms with E-state index in [-0.39, 0.29) is 21.3 Å². The fourth-order valence-corrected chi connectivity index (χ4v) is 4.90. The summed E-state index contributed by atoms with van der Waals surface area (Å²) >= 11 is 0.960. The number of thiazole rings is 1. The van der Waals surface area contributed by atoms with Gasteiger partial charge in [0.15, 0.2) is 5.13 Å². The largest absolute Gasteiger partial charge is 0.507 e. The van der Waals surface area contributed by atoms with Crippen LogP contribution in [0.4, 0.5) is 5.13 Å². The molecule has 9 heteroatoms. The number of benzene rings is 2. The standard InChI is InChI=1S/C26H24N2O6S/c1-5-34-18-12-10-17(11-13-18)21(29)19-20(16-8-6-14(2)7-9-16)28(24(31)22(19)30)26-27-15(3)23(35-26)25(32)33-4/h6-13,20,29H,5H2,1-4H3/b21-19+. The lowest BCUT2D eigenvalue weighted by molar-refractivity contribution is -0.132. The normalized spacial score (nSPS) is 17.0. The molecule has 0 radical (unpaired) electrons. The number of hydrogen-bond acceptors (Lipinski definition) is 8. The quantitative estimate of drug-likeness (QED) is 0.232. The van der Waals surface area contributed by atoms with Crippen molar-refractivity contribution in [1.29, 1.82) is 0 Å². The van der Waals surface area contributed by atoms with E-state index in [1.165, 1.54) is 12.0 Å². The molecule has 1 aliphatic rings. The Balaban J connectivity index is 1.89. The van der Waals surface area contributed by atoms with E-state index in [1.807, 2.05) is 26.0 Å². The van der Waals surface area contributed by atoms with Crippen LogP contribution in [-0.2, 0) is 14.3 Å². The topological polar surface area (TPSA) is 106 Å². The predicted octanol–water partition coefficient (Wildman–Crippen LogP) is 4.57. The van der Waals surface area contributed by atoms with Crippen LogP contribution in [0, 0.1) is 13.8 Å². The number of amides is 1. The van der Waals surface area contributed by atoms with E-state index in [0.29, 0.717) is 29.2 Å². The van der Waals surface area contributed by atoms with Gasteiger partial charge in [-0.25, -0.2) is 9.78 Å². The SMILES string of the molecule is CCOc1ccc(/C(O)=C2\C(=O)C(=O)N(c3nc(C)c(C(=O)OC)s3)C2c2ccc(C)cc2)cc1. The van der Waals surface area contributed by atoms with Crippen LogP contribution in [0.5, 0.6) is 5.75 Å². The molecule has 0 spiro atoms. The maximum Gasteiger partial charge on any atom is 0.350 e.